The molecule has 0 radical (unpaired) electrons. The molecule has 4 rings (SSSR count). The Bertz CT molecular complexity index is 1090. The number of rotatable bonds is 5. The summed E-state index contributed by atoms with van der Waals surface area (Å²) in [4.78, 5) is 0. The van der Waals surface area contributed by atoms with Crippen molar-refractivity contribution in [1.29, 1.82) is 0 Å². The Hall–Kier alpha value is -3.64. The van der Waals surface area contributed by atoms with Crippen molar-refractivity contribution in [2.75, 3.05) is 0 Å². The normalized spacial score (nSPS) is 10.9. The molecule has 0 heteroatoms. The standard InChI is InChI=1S/C29H24/c1-3-11-22(2)25-16-10-17-26(18-25)29-20-27(23-12-6-4-7-13-23)19-28(21-29)24-14-8-5-9-15-24/h3-21H,2H2,1H3/b11-3-. The lowest BCUT2D eigenvalue weighted by atomic mass is 9.92. The molecule has 0 fully saturated rings. The average molecular weight is 373 g/mol. The Morgan fingerprint density at radius 3 is 1.55 bits per heavy atom. The van der Waals surface area contributed by atoms with Gasteiger partial charge in [-0.1, -0.05) is 97.6 Å². The molecular formula is C29H24. The number of hydrogen-bond acceptors (Lipinski definition) is 0. The van der Waals surface area contributed by atoms with Crippen molar-refractivity contribution in [3.63, 3.8) is 0 Å². The van der Waals surface area contributed by atoms with E-state index in [9.17, 15) is 0 Å². The van der Waals surface area contributed by atoms with Gasteiger partial charge in [-0.05, 0) is 75.7 Å². The fourth-order valence-corrected chi connectivity index (χ4v) is 3.58. The second-order valence-electron chi connectivity index (χ2n) is 7.14. The highest BCUT2D eigenvalue weighted by atomic mass is 14.1. The van der Waals surface area contributed by atoms with Crippen LogP contribution in [0.4, 0.5) is 0 Å². The van der Waals surface area contributed by atoms with E-state index in [0.717, 1.165) is 11.1 Å². The largest absolute Gasteiger partial charge is 0.0912 e. The third-order valence-corrected chi connectivity index (χ3v) is 5.08. The molecular weight excluding hydrogens is 348 g/mol. The molecule has 0 spiro atoms. The van der Waals surface area contributed by atoms with E-state index in [2.05, 4.69) is 116 Å². The van der Waals surface area contributed by atoms with Crippen LogP contribution in [0.5, 0.6) is 0 Å². The van der Waals surface area contributed by atoms with Crippen molar-refractivity contribution in [3.05, 3.63) is 127 Å². The van der Waals surface area contributed by atoms with Gasteiger partial charge in [-0.3, -0.25) is 0 Å². The van der Waals surface area contributed by atoms with Crippen LogP contribution in [0.25, 0.3) is 39.0 Å². The Kier molecular flexibility index (Phi) is 5.54. The van der Waals surface area contributed by atoms with Crippen molar-refractivity contribution in [3.8, 4) is 33.4 Å². The van der Waals surface area contributed by atoms with E-state index >= 15 is 0 Å². The van der Waals surface area contributed by atoms with E-state index in [1.165, 1.54) is 33.4 Å². The highest BCUT2D eigenvalue weighted by molar-refractivity contribution is 5.83. The fourth-order valence-electron chi connectivity index (χ4n) is 3.58. The molecule has 0 saturated carbocycles. The van der Waals surface area contributed by atoms with Gasteiger partial charge in [-0.15, -0.1) is 0 Å². The van der Waals surface area contributed by atoms with Gasteiger partial charge in [0.15, 0.2) is 0 Å². The number of allylic oxidation sites excluding steroid dienone is 3. The third kappa shape index (κ3) is 4.28. The average Bonchev–Trinajstić information content (AvgIpc) is 2.80. The first-order chi connectivity index (χ1) is 14.2. The summed E-state index contributed by atoms with van der Waals surface area (Å²) in [5.74, 6) is 0. The van der Waals surface area contributed by atoms with Crippen LogP contribution < -0.4 is 0 Å². The Labute approximate surface area is 173 Å². The summed E-state index contributed by atoms with van der Waals surface area (Å²) >= 11 is 0. The zero-order valence-corrected chi connectivity index (χ0v) is 16.7. The molecule has 140 valence electrons. The molecule has 0 bridgehead atoms. The van der Waals surface area contributed by atoms with Crippen molar-refractivity contribution in [2.24, 2.45) is 0 Å². The molecule has 4 aromatic carbocycles. The highest BCUT2D eigenvalue weighted by Gasteiger charge is 2.08. The Morgan fingerprint density at radius 2 is 1.03 bits per heavy atom. The second kappa shape index (κ2) is 8.58. The molecule has 0 amide bonds. The molecule has 0 aliphatic carbocycles. The SMILES string of the molecule is C=C(/C=C\C)c1cccc(-c2cc(-c3ccccc3)cc(-c3ccccc3)c2)c1. The lowest BCUT2D eigenvalue weighted by Gasteiger charge is -2.12. The molecule has 0 nitrogen and oxygen atoms in total. The van der Waals surface area contributed by atoms with Gasteiger partial charge in [0.1, 0.15) is 0 Å². The first-order valence-electron chi connectivity index (χ1n) is 9.93. The van der Waals surface area contributed by atoms with E-state index in [1.54, 1.807) is 0 Å². The Morgan fingerprint density at radius 1 is 0.552 bits per heavy atom. The van der Waals surface area contributed by atoms with E-state index in [-0.39, 0.29) is 0 Å². The molecule has 29 heavy (non-hydrogen) atoms. The summed E-state index contributed by atoms with van der Waals surface area (Å²) in [6, 6.07) is 36.6. The maximum Gasteiger partial charge on any atom is -0.0171 e. The zero-order valence-electron chi connectivity index (χ0n) is 16.7. The lowest BCUT2D eigenvalue weighted by Crippen LogP contribution is -1.87. The van der Waals surface area contributed by atoms with Crippen LogP contribution in [0.3, 0.4) is 0 Å². The van der Waals surface area contributed by atoms with Crippen molar-refractivity contribution >= 4 is 5.57 Å². The van der Waals surface area contributed by atoms with Crippen LogP contribution in [0.15, 0.2) is 122 Å². The summed E-state index contributed by atoms with van der Waals surface area (Å²) in [5.41, 5.74) is 9.47. The predicted octanol–water partition coefficient (Wildman–Crippen LogP) is 8.28. The van der Waals surface area contributed by atoms with Crippen LogP contribution in [0.1, 0.15) is 12.5 Å². The van der Waals surface area contributed by atoms with Gasteiger partial charge in [0.05, 0.1) is 0 Å². The molecule has 0 aliphatic heterocycles. The van der Waals surface area contributed by atoms with Gasteiger partial charge < -0.3 is 0 Å². The van der Waals surface area contributed by atoms with Gasteiger partial charge in [0.25, 0.3) is 0 Å². The van der Waals surface area contributed by atoms with Crippen LogP contribution in [0.2, 0.25) is 0 Å². The zero-order chi connectivity index (χ0) is 20.1. The lowest BCUT2D eigenvalue weighted by molar-refractivity contribution is 1.55. The molecule has 0 aromatic heterocycles. The minimum absolute atomic E-state index is 1.02. The summed E-state index contributed by atoms with van der Waals surface area (Å²) < 4.78 is 0. The summed E-state index contributed by atoms with van der Waals surface area (Å²) in [5, 5.41) is 0. The topological polar surface area (TPSA) is 0 Å². The molecule has 0 saturated heterocycles. The minimum Gasteiger partial charge on any atom is -0.0912 e. The monoisotopic (exact) mass is 372 g/mol. The summed E-state index contributed by atoms with van der Waals surface area (Å²) in [6.45, 7) is 6.21. The van der Waals surface area contributed by atoms with Gasteiger partial charge in [-0.2, -0.15) is 0 Å². The van der Waals surface area contributed by atoms with Crippen LogP contribution >= 0.6 is 0 Å². The molecule has 0 heterocycles. The molecule has 0 unspecified atom stereocenters. The maximum absolute atomic E-state index is 4.19. The highest BCUT2D eigenvalue weighted by Crippen LogP contribution is 2.33. The van der Waals surface area contributed by atoms with Crippen molar-refractivity contribution in [1.82, 2.24) is 0 Å². The van der Waals surface area contributed by atoms with Gasteiger partial charge in [-0.25, -0.2) is 0 Å². The van der Waals surface area contributed by atoms with E-state index in [1.807, 2.05) is 13.0 Å². The molecule has 0 aliphatic rings. The maximum atomic E-state index is 4.19. The van der Waals surface area contributed by atoms with Crippen LogP contribution in [0, 0.1) is 0 Å². The van der Waals surface area contributed by atoms with Crippen LogP contribution in [-0.4, -0.2) is 0 Å². The number of benzene rings is 4. The second-order valence-corrected chi connectivity index (χ2v) is 7.14. The molecule has 0 atom stereocenters. The molecule has 4 aromatic rings. The smallest absolute Gasteiger partial charge is 0.0171 e. The number of hydrogen-bond donors (Lipinski definition) is 0. The third-order valence-electron chi connectivity index (χ3n) is 5.08. The van der Waals surface area contributed by atoms with E-state index in [0.29, 0.717) is 0 Å². The summed E-state index contributed by atoms with van der Waals surface area (Å²) in [7, 11) is 0. The molecule has 0 N–H and O–H groups in total. The summed E-state index contributed by atoms with van der Waals surface area (Å²) in [6.07, 6.45) is 4.08. The van der Waals surface area contributed by atoms with Gasteiger partial charge in [0.2, 0.25) is 0 Å². The van der Waals surface area contributed by atoms with Gasteiger partial charge >= 0.3 is 0 Å². The fraction of sp³-hybridized carbons (Fsp3) is 0.0345. The van der Waals surface area contributed by atoms with Gasteiger partial charge in [0, 0.05) is 0 Å². The minimum atomic E-state index is 1.02. The first-order valence-corrected chi connectivity index (χ1v) is 9.93. The van der Waals surface area contributed by atoms with E-state index in [4.69, 9.17) is 0 Å². The Balaban J connectivity index is 1.87. The predicted molar refractivity (Wildman–Crippen MR) is 127 cm³/mol. The van der Waals surface area contributed by atoms with Crippen molar-refractivity contribution < 1.29 is 0 Å². The van der Waals surface area contributed by atoms with E-state index < -0.39 is 0 Å². The quantitative estimate of drug-likeness (QED) is 0.309. The van der Waals surface area contributed by atoms with Crippen LogP contribution in [-0.2, 0) is 0 Å². The first kappa shape index (κ1) is 18.7. The van der Waals surface area contributed by atoms with Crippen molar-refractivity contribution in [2.45, 2.75) is 6.92 Å².